The molecule has 2 N–H and O–H groups in total. The van der Waals surface area contributed by atoms with E-state index in [4.69, 9.17) is 11.6 Å². The SMILES string of the molecule is Cc1c(F)ccc(F)c1-c1[nH]ncc1C(=O)NCCc1cc(N(C)C)ccn1.Clc1ccccc1. The van der Waals surface area contributed by atoms with Crippen LogP contribution in [0.5, 0.6) is 0 Å². The lowest BCUT2D eigenvalue weighted by Gasteiger charge is -2.13. The number of pyridine rings is 1. The van der Waals surface area contributed by atoms with Crippen LogP contribution in [0, 0.1) is 18.6 Å². The molecular weight excluding hydrogens is 472 g/mol. The summed E-state index contributed by atoms with van der Waals surface area (Å²) in [4.78, 5) is 18.8. The van der Waals surface area contributed by atoms with Gasteiger partial charge in [-0.1, -0.05) is 29.8 Å². The summed E-state index contributed by atoms with van der Waals surface area (Å²) in [7, 11) is 3.88. The fourth-order valence-corrected chi connectivity index (χ4v) is 3.45. The van der Waals surface area contributed by atoms with Crippen LogP contribution in [0.2, 0.25) is 5.02 Å². The second-order valence-electron chi connectivity index (χ2n) is 7.89. The number of H-pyrrole nitrogens is 1. The average molecular weight is 498 g/mol. The van der Waals surface area contributed by atoms with Crippen molar-refractivity contribution >= 4 is 23.2 Å². The van der Waals surface area contributed by atoms with Crippen LogP contribution < -0.4 is 10.2 Å². The predicted octanol–water partition coefficient (Wildman–Crippen LogP) is 5.44. The van der Waals surface area contributed by atoms with E-state index in [2.05, 4.69) is 20.5 Å². The van der Waals surface area contributed by atoms with Gasteiger partial charge in [-0.3, -0.25) is 14.9 Å². The van der Waals surface area contributed by atoms with Gasteiger partial charge in [0.2, 0.25) is 0 Å². The minimum absolute atomic E-state index is 0.00278. The number of carbonyl (C=O) groups excluding carboxylic acids is 1. The molecule has 182 valence electrons. The van der Waals surface area contributed by atoms with E-state index in [1.807, 2.05) is 61.5 Å². The number of aromatic nitrogens is 3. The van der Waals surface area contributed by atoms with Crippen molar-refractivity contribution in [2.45, 2.75) is 13.3 Å². The van der Waals surface area contributed by atoms with Gasteiger partial charge in [-0.05, 0) is 48.9 Å². The highest BCUT2D eigenvalue weighted by Crippen LogP contribution is 2.29. The summed E-state index contributed by atoms with van der Waals surface area (Å²) >= 11 is 5.54. The number of carbonyl (C=O) groups is 1. The Hall–Kier alpha value is -3.78. The van der Waals surface area contributed by atoms with Gasteiger partial charge in [-0.25, -0.2) is 8.78 Å². The topological polar surface area (TPSA) is 73.9 Å². The molecule has 0 radical (unpaired) electrons. The summed E-state index contributed by atoms with van der Waals surface area (Å²) in [6.45, 7) is 1.80. The molecule has 0 aliphatic carbocycles. The van der Waals surface area contributed by atoms with Crippen LogP contribution in [-0.2, 0) is 6.42 Å². The molecule has 0 unspecified atom stereocenters. The van der Waals surface area contributed by atoms with Crippen molar-refractivity contribution in [3.8, 4) is 11.3 Å². The second-order valence-corrected chi connectivity index (χ2v) is 8.33. The Labute approximate surface area is 208 Å². The molecule has 1 amide bonds. The summed E-state index contributed by atoms with van der Waals surface area (Å²) in [6.07, 6.45) is 3.56. The molecule has 0 saturated heterocycles. The smallest absolute Gasteiger partial charge is 0.255 e. The zero-order chi connectivity index (χ0) is 25.4. The number of hydrogen-bond acceptors (Lipinski definition) is 4. The molecule has 0 fully saturated rings. The lowest BCUT2D eigenvalue weighted by atomic mass is 10.0. The van der Waals surface area contributed by atoms with Gasteiger partial charge < -0.3 is 10.2 Å². The van der Waals surface area contributed by atoms with Crippen molar-refractivity contribution < 1.29 is 13.6 Å². The van der Waals surface area contributed by atoms with Crippen LogP contribution >= 0.6 is 11.6 Å². The van der Waals surface area contributed by atoms with E-state index in [0.29, 0.717) is 13.0 Å². The van der Waals surface area contributed by atoms with Crippen molar-refractivity contribution in [2.75, 3.05) is 25.5 Å². The highest BCUT2D eigenvalue weighted by atomic mass is 35.5. The Morgan fingerprint density at radius 2 is 1.80 bits per heavy atom. The lowest BCUT2D eigenvalue weighted by Crippen LogP contribution is -2.26. The highest BCUT2D eigenvalue weighted by molar-refractivity contribution is 6.30. The first-order chi connectivity index (χ1) is 16.8. The minimum atomic E-state index is -0.623. The van der Waals surface area contributed by atoms with Crippen molar-refractivity contribution in [1.29, 1.82) is 0 Å². The van der Waals surface area contributed by atoms with E-state index in [1.54, 1.807) is 6.20 Å². The number of nitrogens with one attached hydrogen (secondary N) is 2. The van der Waals surface area contributed by atoms with E-state index < -0.39 is 17.5 Å². The van der Waals surface area contributed by atoms with Crippen LogP contribution in [0.1, 0.15) is 21.6 Å². The highest BCUT2D eigenvalue weighted by Gasteiger charge is 2.21. The molecule has 0 spiro atoms. The number of anilines is 1. The number of halogens is 3. The van der Waals surface area contributed by atoms with E-state index in [0.717, 1.165) is 28.5 Å². The van der Waals surface area contributed by atoms with Crippen molar-refractivity contribution in [1.82, 2.24) is 20.5 Å². The molecule has 0 bridgehead atoms. The summed E-state index contributed by atoms with van der Waals surface area (Å²) in [5.74, 6) is -1.60. The molecule has 2 heterocycles. The molecule has 4 rings (SSSR count). The van der Waals surface area contributed by atoms with Gasteiger partial charge in [-0.2, -0.15) is 5.10 Å². The molecule has 0 saturated carbocycles. The number of nitrogens with zero attached hydrogens (tertiary/aromatic N) is 3. The zero-order valence-corrected chi connectivity index (χ0v) is 20.4. The standard InChI is InChI=1S/C20H21F2N5O.C6H5Cl/c1-12-16(21)4-5-17(22)18(12)19-15(11-25-26-19)20(28)24-8-6-13-10-14(27(2)3)7-9-23-13;7-6-4-2-1-3-5-6/h4-5,7,9-11H,6,8H2,1-3H3,(H,24,28)(H,25,26);1-5H. The fraction of sp³-hybridized carbons (Fsp3) is 0.192. The third-order valence-electron chi connectivity index (χ3n) is 5.20. The van der Waals surface area contributed by atoms with Crippen molar-refractivity contribution in [2.24, 2.45) is 0 Å². The van der Waals surface area contributed by atoms with Gasteiger partial charge in [0.15, 0.2) is 0 Å². The largest absolute Gasteiger partial charge is 0.378 e. The second kappa shape index (κ2) is 12.1. The van der Waals surface area contributed by atoms with Crippen LogP contribution in [0.15, 0.2) is 67.0 Å². The summed E-state index contributed by atoms with van der Waals surface area (Å²) in [5.41, 5.74) is 2.28. The average Bonchev–Trinajstić information content (AvgIpc) is 3.32. The van der Waals surface area contributed by atoms with Crippen LogP contribution in [0.25, 0.3) is 11.3 Å². The normalized spacial score (nSPS) is 10.3. The fourth-order valence-electron chi connectivity index (χ4n) is 3.30. The summed E-state index contributed by atoms with van der Waals surface area (Å²) in [5, 5.41) is 10.0. The Morgan fingerprint density at radius 3 is 2.46 bits per heavy atom. The maximum Gasteiger partial charge on any atom is 0.255 e. The third kappa shape index (κ3) is 6.86. The molecule has 0 atom stereocenters. The van der Waals surface area contributed by atoms with Gasteiger partial charge in [0.25, 0.3) is 5.91 Å². The van der Waals surface area contributed by atoms with Gasteiger partial charge in [0.05, 0.1) is 17.5 Å². The molecular formula is C26H26ClF2N5O. The van der Waals surface area contributed by atoms with Crippen molar-refractivity contribution in [3.63, 3.8) is 0 Å². The molecule has 2 aromatic carbocycles. The summed E-state index contributed by atoms with van der Waals surface area (Å²) in [6, 6.07) is 15.4. The van der Waals surface area contributed by atoms with Crippen molar-refractivity contribution in [3.05, 3.63) is 100 Å². The molecule has 0 aliphatic heterocycles. The van der Waals surface area contributed by atoms with Gasteiger partial charge >= 0.3 is 0 Å². The first-order valence-corrected chi connectivity index (χ1v) is 11.2. The zero-order valence-electron chi connectivity index (χ0n) is 19.6. The third-order valence-corrected chi connectivity index (χ3v) is 5.45. The molecule has 2 aromatic heterocycles. The monoisotopic (exact) mass is 497 g/mol. The first kappa shape index (κ1) is 25.8. The molecule has 9 heteroatoms. The minimum Gasteiger partial charge on any atom is -0.378 e. The lowest BCUT2D eigenvalue weighted by molar-refractivity contribution is 0.0954. The molecule has 4 aromatic rings. The Morgan fingerprint density at radius 1 is 1.09 bits per heavy atom. The molecule has 6 nitrogen and oxygen atoms in total. The number of amides is 1. The number of benzene rings is 2. The Kier molecular flexibility index (Phi) is 8.92. The van der Waals surface area contributed by atoms with Gasteiger partial charge in [-0.15, -0.1) is 0 Å². The molecule has 35 heavy (non-hydrogen) atoms. The van der Waals surface area contributed by atoms with E-state index in [9.17, 15) is 13.6 Å². The van der Waals surface area contributed by atoms with Gasteiger partial charge in [0, 0.05) is 55.2 Å². The van der Waals surface area contributed by atoms with E-state index >= 15 is 0 Å². The predicted molar refractivity (Wildman–Crippen MR) is 135 cm³/mol. The number of rotatable bonds is 6. The summed E-state index contributed by atoms with van der Waals surface area (Å²) < 4.78 is 28.1. The van der Waals surface area contributed by atoms with Crippen LogP contribution in [-0.4, -0.2) is 41.7 Å². The van der Waals surface area contributed by atoms with E-state index in [-0.39, 0.29) is 22.4 Å². The number of hydrogen-bond donors (Lipinski definition) is 2. The Bertz CT molecular complexity index is 1280. The van der Waals surface area contributed by atoms with Crippen LogP contribution in [0.4, 0.5) is 14.5 Å². The quantitative estimate of drug-likeness (QED) is 0.372. The van der Waals surface area contributed by atoms with Crippen LogP contribution in [0.3, 0.4) is 0 Å². The maximum absolute atomic E-state index is 14.3. The first-order valence-electron chi connectivity index (χ1n) is 10.9. The van der Waals surface area contributed by atoms with Gasteiger partial charge in [0.1, 0.15) is 11.6 Å². The van der Waals surface area contributed by atoms with E-state index in [1.165, 1.54) is 13.1 Å². The number of aromatic amines is 1. The Balaban J connectivity index is 0.000000420. The molecule has 0 aliphatic rings. The maximum atomic E-state index is 14.3.